The Morgan fingerprint density at radius 1 is 1.15 bits per heavy atom. The first-order valence-electron chi connectivity index (χ1n) is 9.04. The molecule has 1 aromatic carbocycles. The largest absolute Gasteiger partial charge is 0.379 e. The lowest BCUT2D eigenvalue weighted by atomic mass is 10.1. The van der Waals surface area contributed by atoms with Crippen LogP contribution in [0.25, 0.3) is 0 Å². The number of carbonyl (C=O) groups excluding carboxylic acids is 1. The second kappa shape index (κ2) is 9.31. The summed E-state index contributed by atoms with van der Waals surface area (Å²) in [5.74, 6) is 0.672. The van der Waals surface area contributed by atoms with Gasteiger partial charge < -0.3 is 15.4 Å². The third kappa shape index (κ3) is 5.54. The molecule has 0 saturated carbocycles. The topological polar surface area (TPSA) is 66.5 Å². The molecule has 1 aromatic heterocycles. The second-order valence-corrected chi connectivity index (χ2v) is 6.48. The van der Waals surface area contributed by atoms with Gasteiger partial charge >= 0.3 is 0 Å². The molecular formula is C20H26N4O2. The number of aromatic nitrogens is 1. The molecule has 3 rings (SSSR count). The van der Waals surface area contributed by atoms with Crippen molar-refractivity contribution >= 4 is 11.7 Å². The summed E-state index contributed by atoms with van der Waals surface area (Å²) in [6, 6.07) is 11.8. The molecule has 2 aromatic rings. The standard InChI is InChI=1S/C20H26N4O2/c1-16-2-4-17(5-3-16)14-23-20(25)18-6-7-19(22-15-18)21-8-9-24-10-12-26-13-11-24/h2-7,15H,8-14H2,1H3,(H,21,22)(H,23,25). The van der Waals surface area contributed by atoms with Crippen LogP contribution in [-0.4, -0.2) is 55.2 Å². The van der Waals surface area contributed by atoms with Gasteiger partial charge in [0.15, 0.2) is 0 Å². The molecule has 6 nitrogen and oxygen atoms in total. The summed E-state index contributed by atoms with van der Waals surface area (Å²) in [6.07, 6.45) is 1.61. The van der Waals surface area contributed by atoms with Gasteiger partial charge in [-0.05, 0) is 24.6 Å². The number of rotatable bonds is 7. The highest BCUT2D eigenvalue weighted by Gasteiger charge is 2.10. The molecule has 0 radical (unpaired) electrons. The maximum atomic E-state index is 12.2. The highest BCUT2D eigenvalue weighted by atomic mass is 16.5. The van der Waals surface area contributed by atoms with E-state index in [9.17, 15) is 4.79 Å². The number of morpholine rings is 1. The zero-order valence-corrected chi connectivity index (χ0v) is 15.2. The number of nitrogens with one attached hydrogen (secondary N) is 2. The Balaban J connectivity index is 1.42. The van der Waals surface area contributed by atoms with Crippen molar-refractivity contribution in [3.8, 4) is 0 Å². The number of aryl methyl sites for hydroxylation is 1. The van der Waals surface area contributed by atoms with Gasteiger partial charge in [0, 0.05) is 38.9 Å². The van der Waals surface area contributed by atoms with Gasteiger partial charge in [-0.2, -0.15) is 0 Å². The Kier molecular flexibility index (Phi) is 6.57. The van der Waals surface area contributed by atoms with Crippen molar-refractivity contribution < 1.29 is 9.53 Å². The second-order valence-electron chi connectivity index (χ2n) is 6.48. The van der Waals surface area contributed by atoms with Gasteiger partial charge in [-0.25, -0.2) is 4.98 Å². The number of hydrogen-bond acceptors (Lipinski definition) is 5. The van der Waals surface area contributed by atoms with Gasteiger partial charge in [0.2, 0.25) is 0 Å². The van der Waals surface area contributed by atoms with E-state index in [1.54, 1.807) is 12.3 Å². The fourth-order valence-electron chi connectivity index (χ4n) is 2.79. The smallest absolute Gasteiger partial charge is 0.253 e. The Bertz CT molecular complexity index is 695. The van der Waals surface area contributed by atoms with E-state index in [1.165, 1.54) is 5.56 Å². The molecule has 1 fully saturated rings. The van der Waals surface area contributed by atoms with Crippen LogP contribution in [0.5, 0.6) is 0 Å². The molecule has 0 bridgehead atoms. The van der Waals surface area contributed by atoms with E-state index in [2.05, 4.69) is 20.5 Å². The van der Waals surface area contributed by atoms with Crippen LogP contribution in [0.15, 0.2) is 42.6 Å². The van der Waals surface area contributed by atoms with Crippen molar-refractivity contribution in [3.63, 3.8) is 0 Å². The maximum absolute atomic E-state index is 12.2. The van der Waals surface area contributed by atoms with Crippen LogP contribution in [0.1, 0.15) is 21.5 Å². The fourth-order valence-corrected chi connectivity index (χ4v) is 2.79. The lowest BCUT2D eigenvalue weighted by molar-refractivity contribution is 0.0398. The number of ether oxygens (including phenoxy) is 1. The van der Waals surface area contributed by atoms with Crippen molar-refractivity contribution in [3.05, 3.63) is 59.3 Å². The molecule has 0 unspecified atom stereocenters. The first-order chi connectivity index (χ1) is 12.7. The lowest BCUT2D eigenvalue weighted by Crippen LogP contribution is -2.39. The molecule has 1 aliphatic rings. The van der Waals surface area contributed by atoms with Crippen LogP contribution in [0, 0.1) is 6.92 Å². The summed E-state index contributed by atoms with van der Waals surface area (Å²) in [7, 11) is 0. The minimum Gasteiger partial charge on any atom is -0.379 e. The summed E-state index contributed by atoms with van der Waals surface area (Å²) >= 11 is 0. The monoisotopic (exact) mass is 354 g/mol. The molecule has 1 aliphatic heterocycles. The molecule has 138 valence electrons. The summed E-state index contributed by atoms with van der Waals surface area (Å²) in [4.78, 5) is 18.9. The normalized spacial score (nSPS) is 14.8. The number of anilines is 1. The minimum atomic E-state index is -0.113. The SMILES string of the molecule is Cc1ccc(CNC(=O)c2ccc(NCCN3CCOCC3)nc2)cc1. The van der Waals surface area contributed by atoms with Crippen molar-refractivity contribution in [1.82, 2.24) is 15.2 Å². The number of amides is 1. The van der Waals surface area contributed by atoms with Crippen LogP contribution in [0.3, 0.4) is 0 Å². The Morgan fingerprint density at radius 2 is 1.92 bits per heavy atom. The van der Waals surface area contributed by atoms with Crippen LogP contribution < -0.4 is 10.6 Å². The molecule has 2 heterocycles. The van der Waals surface area contributed by atoms with Crippen molar-refractivity contribution in [2.45, 2.75) is 13.5 Å². The molecule has 6 heteroatoms. The van der Waals surface area contributed by atoms with E-state index in [-0.39, 0.29) is 5.91 Å². The Morgan fingerprint density at radius 3 is 2.62 bits per heavy atom. The Labute approximate surface area is 154 Å². The number of nitrogens with zero attached hydrogens (tertiary/aromatic N) is 2. The minimum absolute atomic E-state index is 0.113. The van der Waals surface area contributed by atoms with Crippen molar-refractivity contribution in [2.75, 3.05) is 44.7 Å². The van der Waals surface area contributed by atoms with E-state index < -0.39 is 0 Å². The molecule has 0 aliphatic carbocycles. The zero-order valence-electron chi connectivity index (χ0n) is 15.2. The third-order valence-electron chi connectivity index (χ3n) is 4.44. The number of benzene rings is 1. The molecule has 2 N–H and O–H groups in total. The van der Waals surface area contributed by atoms with Crippen LogP contribution in [-0.2, 0) is 11.3 Å². The van der Waals surface area contributed by atoms with Crippen molar-refractivity contribution in [1.29, 1.82) is 0 Å². The molecule has 1 saturated heterocycles. The van der Waals surface area contributed by atoms with Crippen LogP contribution >= 0.6 is 0 Å². The van der Waals surface area contributed by atoms with Crippen LogP contribution in [0.4, 0.5) is 5.82 Å². The summed E-state index contributed by atoms with van der Waals surface area (Å²) < 4.78 is 5.34. The first-order valence-corrected chi connectivity index (χ1v) is 9.04. The average Bonchev–Trinajstić information content (AvgIpc) is 2.69. The predicted octanol–water partition coefficient (Wildman–Crippen LogP) is 2.06. The fraction of sp³-hybridized carbons (Fsp3) is 0.400. The highest BCUT2D eigenvalue weighted by molar-refractivity contribution is 5.94. The lowest BCUT2D eigenvalue weighted by Gasteiger charge is -2.26. The van der Waals surface area contributed by atoms with Gasteiger partial charge in [0.1, 0.15) is 5.82 Å². The van der Waals surface area contributed by atoms with Gasteiger partial charge in [0.25, 0.3) is 5.91 Å². The quantitative estimate of drug-likeness (QED) is 0.797. The highest BCUT2D eigenvalue weighted by Crippen LogP contribution is 2.07. The number of carbonyl (C=O) groups is 1. The van der Waals surface area contributed by atoms with E-state index in [0.29, 0.717) is 12.1 Å². The molecule has 26 heavy (non-hydrogen) atoms. The average molecular weight is 354 g/mol. The van der Waals surface area contributed by atoms with E-state index in [4.69, 9.17) is 4.74 Å². The molecule has 1 amide bonds. The van der Waals surface area contributed by atoms with Gasteiger partial charge in [-0.3, -0.25) is 9.69 Å². The van der Waals surface area contributed by atoms with Gasteiger partial charge in [-0.1, -0.05) is 29.8 Å². The number of pyridine rings is 1. The van der Waals surface area contributed by atoms with Gasteiger partial charge in [0.05, 0.1) is 18.8 Å². The maximum Gasteiger partial charge on any atom is 0.253 e. The molecule has 0 spiro atoms. The predicted molar refractivity (Wildman–Crippen MR) is 102 cm³/mol. The van der Waals surface area contributed by atoms with Gasteiger partial charge in [-0.15, -0.1) is 0 Å². The van der Waals surface area contributed by atoms with Crippen molar-refractivity contribution in [2.24, 2.45) is 0 Å². The third-order valence-corrected chi connectivity index (χ3v) is 4.44. The summed E-state index contributed by atoms with van der Waals surface area (Å²) in [5, 5.41) is 6.22. The zero-order chi connectivity index (χ0) is 18.2. The van der Waals surface area contributed by atoms with E-state index in [0.717, 1.165) is 50.8 Å². The molecular weight excluding hydrogens is 328 g/mol. The Hall–Kier alpha value is -2.44. The number of hydrogen-bond donors (Lipinski definition) is 2. The molecule has 0 atom stereocenters. The summed E-state index contributed by atoms with van der Waals surface area (Å²) in [6.45, 7) is 7.93. The first kappa shape index (κ1) is 18.4. The summed E-state index contributed by atoms with van der Waals surface area (Å²) in [5.41, 5.74) is 2.86. The van der Waals surface area contributed by atoms with E-state index in [1.807, 2.05) is 37.3 Å². The van der Waals surface area contributed by atoms with Crippen LogP contribution in [0.2, 0.25) is 0 Å². The van der Waals surface area contributed by atoms with E-state index >= 15 is 0 Å².